The molecule has 1 unspecified atom stereocenters. The van der Waals surface area contributed by atoms with Crippen LogP contribution in [0.3, 0.4) is 0 Å². The smallest absolute Gasteiger partial charge is 0.334 e. The Morgan fingerprint density at radius 3 is 2.75 bits per heavy atom. The molecule has 1 heterocycles. The van der Waals surface area contributed by atoms with Gasteiger partial charge in [-0.15, -0.1) is 0 Å². The molecule has 238 valence electrons. The number of fused-ring (bicyclic) bond motifs is 1. The zero-order valence-electron chi connectivity index (χ0n) is 26.0. The van der Waals surface area contributed by atoms with E-state index < -0.39 is 4.92 Å². The number of ether oxygens (including phenoxy) is 2. The number of aliphatic hydroxyl groups is 1. The van der Waals surface area contributed by atoms with Gasteiger partial charge in [-0.05, 0) is 62.5 Å². The molecule has 0 bridgehead atoms. The Kier molecular flexibility index (Phi) is 16.0. The first-order chi connectivity index (χ1) is 21.4. The second-order valence-electron chi connectivity index (χ2n) is 9.70. The second kappa shape index (κ2) is 19.7. The SMILES string of the molecule is C=C/C=C\C=CCCC(CC(=O)OCC)N1CCC2=CCC(Oc3cccc(NCCCO)c3[N+](=O)[O-])=CC=C2C1=O.CC. The second-order valence-corrected chi connectivity index (χ2v) is 9.70. The first kappa shape index (κ1) is 35.8. The van der Waals surface area contributed by atoms with Crippen molar-refractivity contribution in [2.24, 2.45) is 0 Å². The van der Waals surface area contributed by atoms with Crippen molar-refractivity contribution in [2.45, 2.75) is 65.3 Å². The van der Waals surface area contributed by atoms with Crippen molar-refractivity contribution in [2.75, 3.05) is 31.6 Å². The molecule has 3 rings (SSSR count). The third kappa shape index (κ3) is 10.7. The first-order valence-corrected chi connectivity index (χ1v) is 15.2. The number of benzene rings is 1. The van der Waals surface area contributed by atoms with Gasteiger partial charge in [-0.1, -0.05) is 62.9 Å². The lowest BCUT2D eigenvalue weighted by molar-refractivity contribution is -0.384. The summed E-state index contributed by atoms with van der Waals surface area (Å²) in [5.74, 6) is 0.0312. The maximum atomic E-state index is 13.7. The number of hydrogen-bond acceptors (Lipinski definition) is 8. The number of nitrogens with one attached hydrogen (secondary N) is 1. The number of anilines is 1. The summed E-state index contributed by atoms with van der Waals surface area (Å²) in [4.78, 5) is 39.2. The number of amides is 1. The van der Waals surface area contributed by atoms with E-state index in [1.165, 1.54) is 6.07 Å². The Labute approximate surface area is 260 Å². The number of nitro benzene ring substituents is 1. The fraction of sp³-hybridized carbons (Fsp3) is 0.412. The molecule has 1 saturated heterocycles. The number of likely N-dealkylation sites (tertiary alicyclic amines) is 1. The van der Waals surface area contributed by atoms with Crippen molar-refractivity contribution in [1.29, 1.82) is 0 Å². The number of hydrogen-bond donors (Lipinski definition) is 2. The molecule has 1 aromatic rings. The van der Waals surface area contributed by atoms with Crippen molar-refractivity contribution in [1.82, 2.24) is 4.90 Å². The molecule has 1 aliphatic heterocycles. The molecule has 2 N–H and O–H groups in total. The highest BCUT2D eigenvalue weighted by atomic mass is 16.6. The fourth-order valence-electron chi connectivity index (χ4n) is 4.82. The largest absolute Gasteiger partial charge is 0.466 e. The van der Waals surface area contributed by atoms with Gasteiger partial charge in [0.2, 0.25) is 5.75 Å². The molecule has 0 saturated carbocycles. The molecule has 1 aliphatic carbocycles. The van der Waals surface area contributed by atoms with Gasteiger partial charge in [-0.3, -0.25) is 19.7 Å². The molecular formula is C34H45N3O7. The zero-order valence-corrected chi connectivity index (χ0v) is 26.0. The van der Waals surface area contributed by atoms with Crippen molar-refractivity contribution >= 4 is 23.3 Å². The summed E-state index contributed by atoms with van der Waals surface area (Å²) < 4.78 is 11.2. The number of esters is 1. The van der Waals surface area contributed by atoms with E-state index in [0.29, 0.717) is 62.2 Å². The lowest BCUT2D eigenvalue weighted by Gasteiger charge is -2.36. The third-order valence-corrected chi connectivity index (χ3v) is 6.83. The molecule has 44 heavy (non-hydrogen) atoms. The van der Waals surface area contributed by atoms with Gasteiger partial charge in [0.25, 0.3) is 5.91 Å². The minimum Gasteiger partial charge on any atom is -0.466 e. The summed E-state index contributed by atoms with van der Waals surface area (Å²) in [7, 11) is 0. The Bertz CT molecular complexity index is 1290. The Hall–Kier alpha value is -4.44. The number of allylic oxidation sites excluding steroid dienone is 8. The van der Waals surface area contributed by atoms with E-state index in [1.54, 1.807) is 42.2 Å². The molecule has 1 amide bonds. The van der Waals surface area contributed by atoms with E-state index in [0.717, 1.165) is 5.57 Å². The van der Waals surface area contributed by atoms with Gasteiger partial charge >= 0.3 is 11.7 Å². The van der Waals surface area contributed by atoms with Gasteiger partial charge in [-0.2, -0.15) is 0 Å². The highest BCUT2D eigenvalue weighted by Gasteiger charge is 2.33. The number of piperidine rings is 1. The number of nitro groups is 1. The molecule has 0 spiro atoms. The van der Waals surface area contributed by atoms with E-state index in [9.17, 15) is 19.7 Å². The topological polar surface area (TPSA) is 131 Å². The van der Waals surface area contributed by atoms with E-state index in [2.05, 4.69) is 11.9 Å². The van der Waals surface area contributed by atoms with Crippen molar-refractivity contribution in [3.8, 4) is 5.75 Å². The molecule has 0 aromatic heterocycles. The number of aliphatic hydroxyl groups excluding tert-OH is 1. The quantitative estimate of drug-likeness (QED) is 0.0710. The van der Waals surface area contributed by atoms with Crippen LogP contribution in [0.1, 0.15) is 59.3 Å². The summed E-state index contributed by atoms with van der Waals surface area (Å²) in [6, 6.07) is 4.46. The van der Waals surface area contributed by atoms with E-state index in [4.69, 9.17) is 14.6 Å². The summed E-state index contributed by atoms with van der Waals surface area (Å²) in [5.41, 5.74) is 1.50. The number of nitrogens with zero attached hydrogens (tertiary/aromatic N) is 2. The highest BCUT2D eigenvalue weighted by Crippen LogP contribution is 2.37. The van der Waals surface area contributed by atoms with Crippen LogP contribution in [-0.4, -0.2) is 59.2 Å². The van der Waals surface area contributed by atoms with Gasteiger partial charge in [0.05, 0.1) is 18.0 Å². The van der Waals surface area contributed by atoms with Gasteiger partial charge < -0.3 is 24.8 Å². The van der Waals surface area contributed by atoms with E-state index >= 15 is 0 Å². The maximum absolute atomic E-state index is 13.7. The standard InChI is InChI=1S/C32H39N3O7.C2H6/c1-3-5-6-7-8-9-12-25(23-30(37)41-4-2)34-21-19-24-15-16-26(17-18-27(24)32(34)38)42-29-14-10-13-28(31(29)35(39)40)33-20-11-22-36;1-2/h3,5-8,10,13-15,17-18,25,33,36H,1,4,9,11-12,16,19-23H2,2H3;1-2H3/b6-5-,8-7?;. The first-order valence-electron chi connectivity index (χ1n) is 15.2. The van der Waals surface area contributed by atoms with Crippen LogP contribution >= 0.6 is 0 Å². The number of carbonyl (C=O) groups is 2. The predicted octanol–water partition coefficient (Wildman–Crippen LogP) is 6.57. The summed E-state index contributed by atoms with van der Waals surface area (Å²) >= 11 is 0. The number of para-hydroxylation sites is 1. The molecule has 2 aliphatic rings. The monoisotopic (exact) mass is 607 g/mol. The molecular weight excluding hydrogens is 562 g/mol. The van der Waals surface area contributed by atoms with Crippen LogP contribution in [0.5, 0.6) is 5.75 Å². The average Bonchev–Trinajstić information content (AvgIpc) is 3.22. The Balaban J connectivity index is 0.00000330. The zero-order chi connectivity index (χ0) is 32.3. The average molecular weight is 608 g/mol. The van der Waals surface area contributed by atoms with Gasteiger partial charge in [0, 0.05) is 37.7 Å². The van der Waals surface area contributed by atoms with Gasteiger partial charge in [-0.25, -0.2) is 0 Å². The maximum Gasteiger partial charge on any atom is 0.334 e. The molecule has 1 fully saturated rings. The molecule has 1 aromatic carbocycles. The van der Waals surface area contributed by atoms with Crippen LogP contribution in [0.15, 0.2) is 90.3 Å². The van der Waals surface area contributed by atoms with E-state index in [-0.39, 0.29) is 49.0 Å². The minimum absolute atomic E-state index is 0.0301. The van der Waals surface area contributed by atoms with Crippen LogP contribution in [0.2, 0.25) is 0 Å². The number of carbonyl (C=O) groups excluding carboxylic acids is 2. The summed E-state index contributed by atoms with van der Waals surface area (Å²) in [6.45, 7) is 10.5. The van der Waals surface area contributed by atoms with E-state index in [1.807, 2.05) is 44.2 Å². The Morgan fingerprint density at radius 2 is 2.05 bits per heavy atom. The van der Waals surface area contributed by atoms with Gasteiger partial charge in [0.15, 0.2) is 0 Å². The minimum atomic E-state index is -0.499. The summed E-state index contributed by atoms with van der Waals surface area (Å²) in [5, 5.41) is 23.9. The lowest BCUT2D eigenvalue weighted by atomic mass is 9.93. The van der Waals surface area contributed by atoms with Crippen LogP contribution in [-0.2, 0) is 14.3 Å². The summed E-state index contributed by atoms with van der Waals surface area (Å²) in [6.07, 6.45) is 17.4. The molecule has 0 radical (unpaired) electrons. The highest BCUT2D eigenvalue weighted by molar-refractivity contribution is 5.99. The predicted molar refractivity (Wildman–Crippen MR) is 173 cm³/mol. The van der Waals surface area contributed by atoms with Crippen molar-refractivity contribution in [3.05, 3.63) is 100 Å². The normalized spacial score (nSPS) is 15.2. The van der Waals surface area contributed by atoms with Crippen LogP contribution < -0.4 is 10.1 Å². The fourth-order valence-corrected chi connectivity index (χ4v) is 4.82. The molecule has 10 nitrogen and oxygen atoms in total. The van der Waals surface area contributed by atoms with Crippen molar-refractivity contribution < 1.29 is 29.1 Å². The van der Waals surface area contributed by atoms with Crippen LogP contribution in [0, 0.1) is 10.1 Å². The lowest BCUT2D eigenvalue weighted by Crippen LogP contribution is -2.46. The van der Waals surface area contributed by atoms with Crippen LogP contribution in [0.4, 0.5) is 11.4 Å². The third-order valence-electron chi connectivity index (χ3n) is 6.83. The number of rotatable bonds is 16. The van der Waals surface area contributed by atoms with Crippen molar-refractivity contribution in [3.63, 3.8) is 0 Å². The molecule has 10 heteroatoms. The molecule has 1 atom stereocenters. The Morgan fingerprint density at radius 1 is 1.25 bits per heavy atom. The van der Waals surface area contributed by atoms with Crippen LogP contribution in [0.25, 0.3) is 0 Å². The van der Waals surface area contributed by atoms with Gasteiger partial charge in [0.1, 0.15) is 11.4 Å².